The van der Waals surface area contributed by atoms with Gasteiger partial charge in [-0.05, 0) is 29.8 Å². The second-order valence-electron chi connectivity index (χ2n) is 5.26. The lowest BCUT2D eigenvalue weighted by molar-refractivity contribution is 0.0690. The Labute approximate surface area is 138 Å². The number of hydrogen-bond acceptors (Lipinski definition) is 4. The van der Waals surface area contributed by atoms with Crippen LogP contribution in [0.2, 0.25) is 0 Å². The highest BCUT2D eigenvalue weighted by Gasteiger charge is 2.12. The Bertz CT molecular complexity index is 1010. The van der Waals surface area contributed by atoms with Gasteiger partial charge in [0.2, 0.25) is 0 Å². The quantitative estimate of drug-likeness (QED) is 0.787. The van der Waals surface area contributed by atoms with Crippen LogP contribution >= 0.6 is 0 Å². The summed E-state index contributed by atoms with van der Waals surface area (Å²) in [6.07, 6.45) is 2.74. The minimum atomic E-state index is -3.25. The fourth-order valence-electron chi connectivity index (χ4n) is 2.37. The maximum Gasteiger partial charge on any atom is 0.356 e. The number of benzene rings is 2. The number of carbonyl (C=O) groups is 1. The molecule has 122 valence electrons. The Morgan fingerprint density at radius 1 is 1.04 bits per heavy atom. The summed E-state index contributed by atoms with van der Waals surface area (Å²) in [7, 11) is -3.25. The Morgan fingerprint density at radius 3 is 2.29 bits per heavy atom. The molecule has 1 aromatic heterocycles. The van der Waals surface area contributed by atoms with Gasteiger partial charge in [-0.2, -0.15) is 5.10 Å². The number of carboxylic acid groups (broad SMARTS) is 1. The molecule has 0 radical (unpaired) electrons. The molecule has 0 fully saturated rings. The zero-order valence-corrected chi connectivity index (χ0v) is 13.6. The summed E-state index contributed by atoms with van der Waals surface area (Å²) in [4.78, 5) is 11.2. The molecular formula is C17H14N2O4S. The third-order valence-corrected chi connectivity index (χ3v) is 4.68. The molecule has 2 aromatic carbocycles. The predicted octanol–water partition coefficient (Wildman–Crippen LogP) is 2.64. The molecular weight excluding hydrogens is 328 g/mol. The van der Waals surface area contributed by atoms with E-state index in [2.05, 4.69) is 5.10 Å². The first-order valence-corrected chi connectivity index (χ1v) is 8.94. The van der Waals surface area contributed by atoms with E-state index in [4.69, 9.17) is 5.11 Å². The molecule has 0 aliphatic heterocycles. The highest BCUT2D eigenvalue weighted by atomic mass is 32.2. The lowest BCUT2D eigenvalue weighted by Gasteiger charge is -2.10. The number of hydrogen-bond donors (Lipinski definition) is 1. The smallest absolute Gasteiger partial charge is 0.356 e. The third kappa shape index (κ3) is 3.07. The Kier molecular flexibility index (Phi) is 3.94. The van der Waals surface area contributed by atoms with E-state index in [1.54, 1.807) is 30.5 Å². The molecule has 0 bridgehead atoms. The highest BCUT2D eigenvalue weighted by Crippen LogP contribution is 2.27. The Balaban J connectivity index is 2.07. The zero-order chi connectivity index (χ0) is 17.3. The minimum Gasteiger partial charge on any atom is -0.476 e. The third-order valence-electron chi connectivity index (χ3n) is 3.55. The van der Waals surface area contributed by atoms with E-state index in [-0.39, 0.29) is 10.6 Å². The van der Waals surface area contributed by atoms with Crippen LogP contribution in [0.1, 0.15) is 10.5 Å². The van der Waals surface area contributed by atoms with Crippen LogP contribution in [-0.2, 0) is 9.84 Å². The first-order chi connectivity index (χ1) is 11.4. The molecule has 0 unspecified atom stereocenters. The molecule has 6 nitrogen and oxygen atoms in total. The van der Waals surface area contributed by atoms with Gasteiger partial charge in [0.05, 0.1) is 10.6 Å². The van der Waals surface area contributed by atoms with Gasteiger partial charge in [-0.25, -0.2) is 17.9 Å². The van der Waals surface area contributed by atoms with Crippen LogP contribution in [0.4, 0.5) is 0 Å². The van der Waals surface area contributed by atoms with Crippen LogP contribution < -0.4 is 0 Å². The number of aromatic nitrogens is 2. The van der Waals surface area contributed by atoms with Crippen molar-refractivity contribution >= 4 is 15.8 Å². The molecule has 0 aliphatic rings. The average Bonchev–Trinajstić information content (AvgIpc) is 3.04. The molecule has 3 rings (SSSR count). The van der Waals surface area contributed by atoms with Crippen LogP contribution in [-0.4, -0.2) is 35.5 Å². The average molecular weight is 342 g/mol. The fourth-order valence-corrected chi connectivity index (χ4v) is 3.00. The largest absolute Gasteiger partial charge is 0.476 e. The van der Waals surface area contributed by atoms with Gasteiger partial charge in [-0.15, -0.1) is 0 Å². The second kappa shape index (κ2) is 5.93. The monoisotopic (exact) mass is 342 g/mol. The van der Waals surface area contributed by atoms with Crippen molar-refractivity contribution in [3.8, 4) is 16.8 Å². The van der Waals surface area contributed by atoms with E-state index in [0.717, 1.165) is 17.4 Å². The van der Waals surface area contributed by atoms with E-state index in [1.165, 1.54) is 10.7 Å². The van der Waals surface area contributed by atoms with Crippen molar-refractivity contribution in [2.75, 3.05) is 6.26 Å². The second-order valence-corrected chi connectivity index (χ2v) is 7.28. The van der Waals surface area contributed by atoms with Crippen LogP contribution in [0, 0.1) is 0 Å². The van der Waals surface area contributed by atoms with Gasteiger partial charge in [0.1, 0.15) is 0 Å². The number of carboxylic acids is 1. The maximum atomic E-state index is 11.6. The number of sulfone groups is 1. The van der Waals surface area contributed by atoms with Crippen molar-refractivity contribution in [1.29, 1.82) is 0 Å². The first-order valence-electron chi connectivity index (χ1n) is 7.05. The number of aromatic carboxylic acids is 1. The van der Waals surface area contributed by atoms with Gasteiger partial charge in [0.15, 0.2) is 15.5 Å². The van der Waals surface area contributed by atoms with Crippen LogP contribution in [0.5, 0.6) is 0 Å². The van der Waals surface area contributed by atoms with E-state index >= 15 is 0 Å². The van der Waals surface area contributed by atoms with Gasteiger partial charge in [-0.1, -0.05) is 30.3 Å². The summed E-state index contributed by atoms with van der Waals surface area (Å²) >= 11 is 0. The normalized spacial score (nSPS) is 11.4. The molecule has 0 saturated heterocycles. The number of nitrogens with zero attached hydrogens (tertiary/aromatic N) is 2. The predicted molar refractivity (Wildman–Crippen MR) is 89.1 cm³/mol. The maximum absolute atomic E-state index is 11.6. The highest BCUT2D eigenvalue weighted by molar-refractivity contribution is 7.90. The number of rotatable bonds is 4. The Morgan fingerprint density at radius 2 is 1.71 bits per heavy atom. The number of para-hydroxylation sites is 1. The summed E-state index contributed by atoms with van der Waals surface area (Å²) < 4.78 is 24.6. The molecule has 0 spiro atoms. The summed E-state index contributed by atoms with van der Waals surface area (Å²) in [6.45, 7) is 0. The van der Waals surface area contributed by atoms with Crippen molar-refractivity contribution < 1.29 is 18.3 Å². The van der Waals surface area contributed by atoms with Gasteiger partial charge in [-0.3, -0.25) is 0 Å². The van der Waals surface area contributed by atoms with Crippen LogP contribution in [0.3, 0.4) is 0 Å². The standard InChI is InChI=1S/C17H14N2O4S/c1-24(22,23)13-8-6-12(7-9-13)14-4-2-3-5-16(14)19-11-10-15(18-19)17(20)21/h2-11H,1H3,(H,20,21). The molecule has 0 saturated carbocycles. The van der Waals surface area contributed by atoms with E-state index in [9.17, 15) is 13.2 Å². The molecule has 3 aromatic rings. The summed E-state index contributed by atoms with van der Waals surface area (Å²) in [5.74, 6) is -1.09. The van der Waals surface area contributed by atoms with Gasteiger partial charge in [0.25, 0.3) is 0 Å². The topological polar surface area (TPSA) is 89.3 Å². The molecule has 0 atom stereocenters. The Hall–Kier alpha value is -2.93. The van der Waals surface area contributed by atoms with Crippen molar-refractivity contribution in [3.05, 3.63) is 66.5 Å². The van der Waals surface area contributed by atoms with E-state index in [1.807, 2.05) is 24.3 Å². The van der Waals surface area contributed by atoms with Crippen molar-refractivity contribution in [1.82, 2.24) is 9.78 Å². The zero-order valence-electron chi connectivity index (χ0n) is 12.7. The van der Waals surface area contributed by atoms with Gasteiger partial charge in [0, 0.05) is 18.0 Å². The summed E-state index contributed by atoms with van der Waals surface area (Å²) in [5.41, 5.74) is 2.29. The van der Waals surface area contributed by atoms with Crippen molar-refractivity contribution in [3.63, 3.8) is 0 Å². The van der Waals surface area contributed by atoms with E-state index < -0.39 is 15.8 Å². The minimum absolute atomic E-state index is 0.0442. The first kappa shape index (κ1) is 15.9. The summed E-state index contributed by atoms with van der Waals surface area (Å²) in [6, 6.07) is 15.3. The van der Waals surface area contributed by atoms with Gasteiger partial charge < -0.3 is 5.11 Å². The molecule has 1 heterocycles. The van der Waals surface area contributed by atoms with Gasteiger partial charge >= 0.3 is 5.97 Å². The molecule has 7 heteroatoms. The lowest BCUT2D eigenvalue weighted by Crippen LogP contribution is -2.02. The molecule has 0 amide bonds. The lowest BCUT2D eigenvalue weighted by atomic mass is 10.0. The van der Waals surface area contributed by atoms with E-state index in [0.29, 0.717) is 5.69 Å². The van der Waals surface area contributed by atoms with Crippen molar-refractivity contribution in [2.45, 2.75) is 4.90 Å². The molecule has 0 aliphatic carbocycles. The van der Waals surface area contributed by atoms with Crippen LogP contribution in [0.25, 0.3) is 16.8 Å². The van der Waals surface area contributed by atoms with Crippen molar-refractivity contribution in [2.24, 2.45) is 0 Å². The fraction of sp³-hybridized carbons (Fsp3) is 0.0588. The molecule has 1 N–H and O–H groups in total. The SMILES string of the molecule is CS(=O)(=O)c1ccc(-c2ccccc2-n2ccc(C(=O)O)n2)cc1. The van der Waals surface area contributed by atoms with Crippen LogP contribution in [0.15, 0.2) is 65.7 Å². The summed E-state index contributed by atoms with van der Waals surface area (Å²) in [5, 5.41) is 13.0. The molecule has 24 heavy (non-hydrogen) atoms.